The van der Waals surface area contributed by atoms with Crippen molar-refractivity contribution in [2.45, 2.75) is 31.8 Å². The summed E-state index contributed by atoms with van der Waals surface area (Å²) in [6, 6.07) is -0.453. The molecule has 2 unspecified atom stereocenters. The number of aliphatic carboxylic acids is 1. The lowest BCUT2D eigenvalue weighted by Crippen LogP contribution is -2.50. The van der Waals surface area contributed by atoms with E-state index in [9.17, 15) is 9.59 Å². The molecule has 0 aromatic carbocycles. The summed E-state index contributed by atoms with van der Waals surface area (Å²) < 4.78 is 0. The van der Waals surface area contributed by atoms with E-state index in [0.717, 1.165) is 6.42 Å². The third kappa shape index (κ3) is 2.70. The fraction of sp³-hybridized carbons (Fsp3) is 0.778. The maximum absolute atomic E-state index is 11.1. The summed E-state index contributed by atoms with van der Waals surface area (Å²) in [6.45, 7) is 2.20. The molecule has 1 aliphatic heterocycles. The molecule has 5 nitrogen and oxygen atoms in total. The first-order valence-corrected chi connectivity index (χ1v) is 4.73. The predicted octanol–water partition coefficient (Wildman–Crippen LogP) is -0.330. The molecular formula is C9H16N2O3. The Morgan fingerprint density at radius 3 is 2.86 bits per heavy atom. The maximum atomic E-state index is 11.1. The second-order valence-corrected chi connectivity index (χ2v) is 3.74. The van der Waals surface area contributed by atoms with E-state index in [4.69, 9.17) is 5.11 Å². The average Bonchev–Trinajstić information content (AvgIpc) is 2.11. The van der Waals surface area contributed by atoms with Crippen molar-refractivity contribution in [1.82, 2.24) is 10.2 Å². The van der Waals surface area contributed by atoms with Crippen LogP contribution in [0.15, 0.2) is 0 Å². The number of hydrogen-bond donors (Lipinski definition) is 2. The lowest BCUT2D eigenvalue weighted by molar-refractivity contribution is -0.139. The summed E-state index contributed by atoms with van der Waals surface area (Å²) in [5.74, 6) is -0.726. The van der Waals surface area contributed by atoms with Gasteiger partial charge in [-0.15, -0.1) is 0 Å². The Kier molecular flexibility index (Phi) is 3.46. The molecule has 2 N–H and O–H groups in total. The number of rotatable bonds is 3. The van der Waals surface area contributed by atoms with Gasteiger partial charge in [0.05, 0.1) is 0 Å². The number of piperidine rings is 1. The van der Waals surface area contributed by atoms with Crippen molar-refractivity contribution in [3.05, 3.63) is 0 Å². The molecule has 0 aromatic heterocycles. The second kappa shape index (κ2) is 4.41. The SMILES string of the molecule is CC(NC1CCC(=O)N(C)C1)C(=O)O. The van der Waals surface area contributed by atoms with Gasteiger partial charge in [0.2, 0.25) is 5.91 Å². The number of carbonyl (C=O) groups excluding carboxylic acids is 1. The lowest BCUT2D eigenvalue weighted by atomic mass is 10.0. The molecule has 1 fully saturated rings. The number of nitrogens with zero attached hydrogens (tertiary/aromatic N) is 1. The zero-order chi connectivity index (χ0) is 10.7. The van der Waals surface area contributed by atoms with E-state index in [0.29, 0.717) is 13.0 Å². The second-order valence-electron chi connectivity index (χ2n) is 3.74. The molecule has 1 saturated heterocycles. The van der Waals surface area contributed by atoms with Crippen molar-refractivity contribution in [3.8, 4) is 0 Å². The number of carboxylic acid groups (broad SMARTS) is 1. The minimum absolute atomic E-state index is 0.101. The van der Waals surface area contributed by atoms with E-state index in [1.54, 1.807) is 18.9 Å². The Balaban J connectivity index is 2.40. The molecule has 0 aromatic rings. The van der Waals surface area contributed by atoms with Crippen LogP contribution in [0.3, 0.4) is 0 Å². The van der Waals surface area contributed by atoms with Crippen LogP contribution in [0.1, 0.15) is 19.8 Å². The van der Waals surface area contributed by atoms with E-state index in [-0.39, 0.29) is 11.9 Å². The van der Waals surface area contributed by atoms with Crippen LogP contribution in [0.4, 0.5) is 0 Å². The average molecular weight is 200 g/mol. The summed E-state index contributed by atoms with van der Waals surface area (Å²) in [7, 11) is 1.74. The summed E-state index contributed by atoms with van der Waals surface area (Å²) in [4.78, 5) is 23.4. The highest BCUT2D eigenvalue weighted by Gasteiger charge is 2.25. The van der Waals surface area contributed by atoms with Crippen LogP contribution in [0.5, 0.6) is 0 Å². The largest absolute Gasteiger partial charge is 0.480 e. The number of carbonyl (C=O) groups is 2. The van der Waals surface area contributed by atoms with Gasteiger partial charge in [0.25, 0.3) is 0 Å². The summed E-state index contributed by atoms with van der Waals surface area (Å²) in [5.41, 5.74) is 0. The van der Waals surface area contributed by atoms with E-state index in [1.165, 1.54) is 0 Å². The Bertz CT molecular complexity index is 242. The van der Waals surface area contributed by atoms with E-state index in [2.05, 4.69) is 5.32 Å². The van der Waals surface area contributed by atoms with Gasteiger partial charge in [0, 0.05) is 26.1 Å². The Morgan fingerprint density at radius 1 is 1.71 bits per heavy atom. The quantitative estimate of drug-likeness (QED) is 0.654. The van der Waals surface area contributed by atoms with Gasteiger partial charge in [-0.05, 0) is 13.3 Å². The van der Waals surface area contributed by atoms with Gasteiger partial charge in [0.1, 0.15) is 6.04 Å². The normalized spacial score (nSPS) is 24.9. The van der Waals surface area contributed by atoms with Crippen LogP contribution in [0.2, 0.25) is 0 Å². The molecule has 1 amide bonds. The minimum Gasteiger partial charge on any atom is -0.480 e. The third-order valence-electron chi connectivity index (χ3n) is 2.48. The number of likely N-dealkylation sites (N-methyl/N-ethyl adjacent to an activating group) is 1. The lowest BCUT2D eigenvalue weighted by Gasteiger charge is -2.31. The van der Waals surface area contributed by atoms with Crippen LogP contribution >= 0.6 is 0 Å². The number of carboxylic acids is 1. The zero-order valence-corrected chi connectivity index (χ0v) is 8.49. The highest BCUT2D eigenvalue weighted by atomic mass is 16.4. The highest BCUT2D eigenvalue weighted by molar-refractivity contribution is 5.77. The molecule has 1 rings (SSSR count). The molecule has 2 atom stereocenters. The van der Waals surface area contributed by atoms with Crippen molar-refractivity contribution < 1.29 is 14.7 Å². The van der Waals surface area contributed by atoms with Crippen LogP contribution in [0, 0.1) is 0 Å². The molecular weight excluding hydrogens is 184 g/mol. The molecule has 0 spiro atoms. The van der Waals surface area contributed by atoms with Gasteiger partial charge < -0.3 is 15.3 Å². The fourth-order valence-corrected chi connectivity index (χ4v) is 1.57. The Hall–Kier alpha value is -1.10. The summed E-state index contributed by atoms with van der Waals surface area (Å²) >= 11 is 0. The van der Waals surface area contributed by atoms with Crippen molar-refractivity contribution in [2.24, 2.45) is 0 Å². The number of amides is 1. The van der Waals surface area contributed by atoms with Gasteiger partial charge in [-0.1, -0.05) is 0 Å². The van der Waals surface area contributed by atoms with Crippen LogP contribution in [-0.2, 0) is 9.59 Å². The third-order valence-corrected chi connectivity index (χ3v) is 2.48. The van der Waals surface area contributed by atoms with E-state index in [1.807, 2.05) is 0 Å². The Labute approximate surface area is 83.1 Å². The van der Waals surface area contributed by atoms with Crippen LogP contribution in [-0.4, -0.2) is 47.6 Å². The van der Waals surface area contributed by atoms with Gasteiger partial charge in [0.15, 0.2) is 0 Å². The van der Waals surface area contributed by atoms with Gasteiger partial charge in [-0.2, -0.15) is 0 Å². The smallest absolute Gasteiger partial charge is 0.320 e. The standard InChI is InChI=1S/C9H16N2O3/c1-6(9(13)14)10-7-3-4-8(12)11(2)5-7/h6-7,10H,3-5H2,1-2H3,(H,13,14). The Morgan fingerprint density at radius 2 is 2.36 bits per heavy atom. The van der Waals surface area contributed by atoms with Crippen molar-refractivity contribution in [3.63, 3.8) is 0 Å². The van der Waals surface area contributed by atoms with Crippen molar-refractivity contribution in [1.29, 1.82) is 0 Å². The van der Waals surface area contributed by atoms with E-state index < -0.39 is 12.0 Å². The molecule has 80 valence electrons. The highest BCUT2D eigenvalue weighted by Crippen LogP contribution is 2.10. The van der Waals surface area contributed by atoms with Crippen LogP contribution < -0.4 is 5.32 Å². The monoisotopic (exact) mass is 200 g/mol. The van der Waals surface area contributed by atoms with E-state index >= 15 is 0 Å². The molecule has 1 aliphatic rings. The molecule has 5 heteroatoms. The molecule has 0 saturated carbocycles. The zero-order valence-electron chi connectivity index (χ0n) is 8.49. The number of nitrogens with one attached hydrogen (secondary N) is 1. The topological polar surface area (TPSA) is 69.6 Å². The van der Waals surface area contributed by atoms with Gasteiger partial charge in [-0.25, -0.2) is 0 Å². The first-order chi connectivity index (χ1) is 6.50. The first kappa shape index (κ1) is 11.0. The van der Waals surface area contributed by atoms with Crippen molar-refractivity contribution in [2.75, 3.05) is 13.6 Å². The number of likely N-dealkylation sites (tertiary alicyclic amines) is 1. The van der Waals surface area contributed by atoms with Crippen molar-refractivity contribution >= 4 is 11.9 Å². The molecule has 1 heterocycles. The molecule has 0 bridgehead atoms. The van der Waals surface area contributed by atoms with Gasteiger partial charge >= 0.3 is 5.97 Å². The predicted molar refractivity (Wildman–Crippen MR) is 50.9 cm³/mol. The first-order valence-electron chi connectivity index (χ1n) is 4.73. The minimum atomic E-state index is -0.857. The fourth-order valence-electron chi connectivity index (χ4n) is 1.57. The summed E-state index contributed by atoms with van der Waals surface area (Å²) in [5, 5.41) is 11.7. The maximum Gasteiger partial charge on any atom is 0.320 e. The van der Waals surface area contributed by atoms with Gasteiger partial charge in [-0.3, -0.25) is 9.59 Å². The van der Waals surface area contributed by atoms with Crippen LogP contribution in [0.25, 0.3) is 0 Å². The summed E-state index contributed by atoms with van der Waals surface area (Å²) in [6.07, 6.45) is 1.22. The molecule has 14 heavy (non-hydrogen) atoms. The number of hydrogen-bond acceptors (Lipinski definition) is 3. The molecule has 0 aliphatic carbocycles. The molecule has 0 radical (unpaired) electrons.